The maximum atomic E-state index is 6.10. The van der Waals surface area contributed by atoms with Crippen molar-refractivity contribution in [1.29, 1.82) is 0 Å². The first-order valence-corrected chi connectivity index (χ1v) is 8.56. The third kappa shape index (κ3) is 3.22. The van der Waals surface area contributed by atoms with Gasteiger partial charge in [-0.1, -0.05) is 29.8 Å². The van der Waals surface area contributed by atoms with Crippen molar-refractivity contribution in [2.75, 3.05) is 19.6 Å². The van der Waals surface area contributed by atoms with Crippen molar-refractivity contribution >= 4 is 0 Å². The molecule has 0 spiro atoms. The molecule has 0 radical (unpaired) electrons. The number of rotatable bonds is 3. The van der Waals surface area contributed by atoms with Gasteiger partial charge in [0.25, 0.3) is 0 Å². The minimum absolute atomic E-state index is 0.275. The summed E-state index contributed by atoms with van der Waals surface area (Å²) >= 11 is 0. The van der Waals surface area contributed by atoms with Gasteiger partial charge in [0.05, 0.1) is 0 Å². The maximum Gasteiger partial charge on any atom is 0.316 e. The lowest BCUT2D eigenvalue weighted by molar-refractivity contribution is 0.0103. The minimum atomic E-state index is 0.275. The van der Waals surface area contributed by atoms with E-state index in [2.05, 4.69) is 46.1 Å². The van der Waals surface area contributed by atoms with Gasteiger partial charge in [-0.05, 0) is 38.3 Å². The SMILES string of the molecule is Cc1ccc(-c2cnc(OC3CCN4CCCC3C4)nc2)cc1. The molecule has 1 aromatic heterocycles. The molecule has 0 aliphatic carbocycles. The average Bonchev–Trinajstić information content (AvgIpc) is 2.59. The quantitative estimate of drug-likeness (QED) is 0.872. The van der Waals surface area contributed by atoms with Crippen LogP contribution in [0.3, 0.4) is 0 Å². The summed E-state index contributed by atoms with van der Waals surface area (Å²) in [7, 11) is 0. The maximum absolute atomic E-state index is 6.10. The molecule has 2 aromatic rings. The average molecular weight is 309 g/mol. The lowest BCUT2D eigenvalue weighted by atomic mass is 9.87. The van der Waals surface area contributed by atoms with Crippen molar-refractivity contribution in [2.24, 2.45) is 5.92 Å². The Bertz CT molecular complexity index is 653. The first kappa shape index (κ1) is 14.6. The van der Waals surface area contributed by atoms with Crippen LogP contribution in [0.4, 0.5) is 0 Å². The van der Waals surface area contributed by atoms with Gasteiger partial charge in [0.2, 0.25) is 0 Å². The molecule has 23 heavy (non-hydrogen) atoms. The molecular formula is C19H23N3O. The Kier molecular flexibility index (Phi) is 4.00. The molecule has 4 heteroatoms. The summed E-state index contributed by atoms with van der Waals surface area (Å²) in [6.07, 6.45) is 7.65. The van der Waals surface area contributed by atoms with Crippen molar-refractivity contribution in [3.8, 4) is 17.1 Å². The Hall–Kier alpha value is -1.94. The third-order valence-electron chi connectivity index (χ3n) is 5.07. The number of fused-ring (bicyclic) bond motifs is 2. The van der Waals surface area contributed by atoms with Crippen molar-refractivity contribution in [2.45, 2.75) is 32.3 Å². The number of piperidine rings is 2. The highest BCUT2D eigenvalue weighted by Crippen LogP contribution is 2.29. The molecule has 0 amide bonds. The summed E-state index contributed by atoms with van der Waals surface area (Å²) in [5, 5.41) is 0. The van der Waals surface area contributed by atoms with Crippen LogP contribution < -0.4 is 4.74 Å². The van der Waals surface area contributed by atoms with Gasteiger partial charge >= 0.3 is 6.01 Å². The number of ether oxygens (including phenoxy) is 1. The Morgan fingerprint density at radius 3 is 2.57 bits per heavy atom. The fraction of sp³-hybridized carbons (Fsp3) is 0.474. The van der Waals surface area contributed by atoms with E-state index in [9.17, 15) is 0 Å². The van der Waals surface area contributed by atoms with E-state index in [0.29, 0.717) is 11.9 Å². The molecule has 1 aromatic carbocycles. The van der Waals surface area contributed by atoms with E-state index < -0.39 is 0 Å². The van der Waals surface area contributed by atoms with E-state index in [0.717, 1.165) is 24.1 Å². The molecule has 2 fully saturated rings. The molecule has 2 aliphatic heterocycles. The largest absolute Gasteiger partial charge is 0.460 e. The van der Waals surface area contributed by atoms with E-state index in [-0.39, 0.29) is 6.10 Å². The van der Waals surface area contributed by atoms with Crippen LogP contribution >= 0.6 is 0 Å². The lowest BCUT2D eigenvalue weighted by Crippen LogP contribution is -2.49. The second-order valence-corrected chi connectivity index (χ2v) is 6.77. The first-order chi connectivity index (χ1) is 11.3. The summed E-state index contributed by atoms with van der Waals surface area (Å²) in [6.45, 7) is 5.66. The molecule has 3 atom stereocenters. The summed E-state index contributed by atoms with van der Waals surface area (Å²) < 4.78 is 6.10. The standard InChI is InChI=1S/C19H23N3O/c1-14-4-6-15(7-5-14)17-11-20-19(21-12-17)23-18-8-10-22-9-2-3-16(18)13-22/h4-7,11-12,16,18H,2-3,8-10,13H2,1H3. The smallest absolute Gasteiger partial charge is 0.316 e. The topological polar surface area (TPSA) is 38.2 Å². The molecule has 3 unspecified atom stereocenters. The number of benzene rings is 1. The first-order valence-electron chi connectivity index (χ1n) is 8.56. The monoisotopic (exact) mass is 309 g/mol. The Morgan fingerprint density at radius 2 is 1.78 bits per heavy atom. The third-order valence-corrected chi connectivity index (χ3v) is 5.07. The van der Waals surface area contributed by atoms with E-state index in [1.807, 2.05) is 12.4 Å². The second kappa shape index (κ2) is 6.28. The summed E-state index contributed by atoms with van der Waals surface area (Å²) in [4.78, 5) is 11.4. The minimum Gasteiger partial charge on any atom is -0.460 e. The zero-order chi connectivity index (χ0) is 15.6. The fourth-order valence-corrected chi connectivity index (χ4v) is 3.71. The summed E-state index contributed by atoms with van der Waals surface area (Å²) in [5.41, 5.74) is 3.43. The fourth-order valence-electron chi connectivity index (χ4n) is 3.71. The van der Waals surface area contributed by atoms with Crippen LogP contribution in [0.2, 0.25) is 0 Å². The predicted octanol–water partition coefficient (Wildman–Crippen LogP) is 3.32. The van der Waals surface area contributed by atoms with Gasteiger partial charge in [-0.25, -0.2) is 9.97 Å². The molecule has 0 saturated carbocycles. The van der Waals surface area contributed by atoms with E-state index >= 15 is 0 Å². The number of hydrogen-bond acceptors (Lipinski definition) is 4. The summed E-state index contributed by atoms with van der Waals surface area (Å²) in [5.74, 6) is 0.637. The highest BCUT2D eigenvalue weighted by molar-refractivity contribution is 5.61. The number of aromatic nitrogens is 2. The van der Waals surface area contributed by atoms with Crippen LogP contribution in [0.15, 0.2) is 36.7 Å². The summed E-state index contributed by atoms with van der Waals surface area (Å²) in [6, 6.07) is 8.94. The van der Waals surface area contributed by atoms with Crippen LogP contribution in [0.1, 0.15) is 24.8 Å². The second-order valence-electron chi connectivity index (χ2n) is 6.77. The molecule has 2 bridgehead atoms. The molecular weight excluding hydrogens is 286 g/mol. The zero-order valence-electron chi connectivity index (χ0n) is 13.6. The van der Waals surface area contributed by atoms with Crippen molar-refractivity contribution in [1.82, 2.24) is 14.9 Å². The van der Waals surface area contributed by atoms with E-state index in [1.54, 1.807) is 0 Å². The Labute approximate surface area is 137 Å². The van der Waals surface area contributed by atoms with Gasteiger partial charge in [-0.3, -0.25) is 0 Å². The number of nitrogens with zero attached hydrogens (tertiary/aromatic N) is 3. The zero-order valence-corrected chi connectivity index (χ0v) is 13.6. The molecule has 2 saturated heterocycles. The molecule has 120 valence electrons. The van der Waals surface area contributed by atoms with Crippen LogP contribution in [0.25, 0.3) is 11.1 Å². The lowest BCUT2D eigenvalue weighted by Gasteiger charge is -2.41. The number of aryl methyl sites for hydroxylation is 1. The van der Waals surface area contributed by atoms with Crippen molar-refractivity contribution in [3.63, 3.8) is 0 Å². The van der Waals surface area contributed by atoms with E-state index in [4.69, 9.17) is 4.74 Å². The molecule has 4 nitrogen and oxygen atoms in total. The Balaban J connectivity index is 1.45. The van der Waals surface area contributed by atoms with Crippen LogP contribution in [-0.2, 0) is 0 Å². The van der Waals surface area contributed by atoms with Gasteiger partial charge in [0, 0.05) is 37.0 Å². The van der Waals surface area contributed by atoms with Gasteiger partial charge in [-0.15, -0.1) is 0 Å². The normalized spacial score (nSPS) is 26.7. The van der Waals surface area contributed by atoms with Gasteiger partial charge in [0.1, 0.15) is 6.10 Å². The highest BCUT2D eigenvalue weighted by Gasteiger charge is 2.33. The van der Waals surface area contributed by atoms with Crippen LogP contribution in [0.5, 0.6) is 6.01 Å². The van der Waals surface area contributed by atoms with Crippen molar-refractivity contribution < 1.29 is 4.74 Å². The molecule has 3 heterocycles. The van der Waals surface area contributed by atoms with Crippen molar-refractivity contribution in [3.05, 3.63) is 42.2 Å². The van der Waals surface area contributed by atoms with Gasteiger partial charge in [-0.2, -0.15) is 0 Å². The van der Waals surface area contributed by atoms with Gasteiger partial charge < -0.3 is 9.64 Å². The van der Waals surface area contributed by atoms with E-state index in [1.165, 1.54) is 31.5 Å². The molecule has 4 rings (SSSR count). The van der Waals surface area contributed by atoms with Crippen LogP contribution in [0, 0.1) is 12.8 Å². The Morgan fingerprint density at radius 1 is 1.00 bits per heavy atom. The molecule has 0 N–H and O–H groups in total. The van der Waals surface area contributed by atoms with Crippen LogP contribution in [-0.4, -0.2) is 40.6 Å². The highest BCUT2D eigenvalue weighted by atomic mass is 16.5. The number of hydrogen-bond donors (Lipinski definition) is 0. The molecule has 2 aliphatic rings. The predicted molar refractivity (Wildman–Crippen MR) is 90.4 cm³/mol. The van der Waals surface area contributed by atoms with Gasteiger partial charge in [0.15, 0.2) is 0 Å².